The molecular formula is C18H17FN2O4. The number of aromatic nitrogens is 2. The summed E-state index contributed by atoms with van der Waals surface area (Å²) in [5.41, 5.74) is 1.47. The van der Waals surface area contributed by atoms with E-state index in [1.165, 1.54) is 24.3 Å². The number of ether oxygens (including phenoxy) is 1. The zero-order valence-electron chi connectivity index (χ0n) is 13.3. The molecule has 7 heteroatoms. The molecule has 0 aliphatic rings. The zero-order valence-corrected chi connectivity index (χ0v) is 13.3. The molecule has 0 fully saturated rings. The molecule has 1 atom stereocenters. The molecule has 0 saturated carbocycles. The first-order valence-corrected chi connectivity index (χ1v) is 7.75. The molecule has 0 amide bonds. The molecule has 0 spiro atoms. The minimum absolute atomic E-state index is 0.0556. The number of benzene rings is 2. The molecule has 0 bridgehead atoms. The van der Waals surface area contributed by atoms with Crippen molar-refractivity contribution >= 4 is 0 Å². The van der Waals surface area contributed by atoms with E-state index in [2.05, 4.69) is 5.10 Å². The predicted octanol–water partition coefficient (Wildman–Crippen LogP) is 2.22. The van der Waals surface area contributed by atoms with Gasteiger partial charge >= 0.3 is 5.76 Å². The lowest BCUT2D eigenvalue weighted by Crippen LogP contribution is -2.28. The van der Waals surface area contributed by atoms with Gasteiger partial charge in [0, 0.05) is 5.56 Å². The number of rotatable bonds is 7. The second kappa shape index (κ2) is 7.87. The molecule has 0 aliphatic heterocycles. The van der Waals surface area contributed by atoms with Crippen LogP contribution in [-0.4, -0.2) is 27.6 Å². The number of aliphatic hydroxyl groups is 1. The van der Waals surface area contributed by atoms with Crippen molar-refractivity contribution in [2.75, 3.05) is 6.61 Å². The molecule has 1 unspecified atom stereocenters. The van der Waals surface area contributed by atoms with E-state index in [1.807, 2.05) is 30.3 Å². The van der Waals surface area contributed by atoms with E-state index in [-0.39, 0.29) is 19.0 Å². The summed E-state index contributed by atoms with van der Waals surface area (Å²) in [7, 11) is 0. The van der Waals surface area contributed by atoms with E-state index in [1.54, 1.807) is 0 Å². The van der Waals surface area contributed by atoms with Gasteiger partial charge in [0.15, 0.2) is 0 Å². The topological polar surface area (TPSA) is 77.5 Å². The van der Waals surface area contributed by atoms with E-state index in [9.17, 15) is 14.3 Å². The summed E-state index contributed by atoms with van der Waals surface area (Å²) in [4.78, 5) is 11.8. The third-order valence-corrected chi connectivity index (χ3v) is 3.50. The Bertz CT molecular complexity index is 859. The van der Waals surface area contributed by atoms with Crippen molar-refractivity contribution in [1.82, 2.24) is 9.78 Å². The molecule has 1 N–H and O–H groups in total. The van der Waals surface area contributed by atoms with Gasteiger partial charge in [0.2, 0.25) is 5.89 Å². The molecule has 6 nitrogen and oxygen atoms in total. The van der Waals surface area contributed by atoms with Gasteiger partial charge in [-0.15, -0.1) is 5.10 Å². The Morgan fingerprint density at radius 1 is 1.16 bits per heavy atom. The first-order valence-electron chi connectivity index (χ1n) is 7.75. The predicted molar refractivity (Wildman–Crippen MR) is 88.3 cm³/mol. The van der Waals surface area contributed by atoms with Gasteiger partial charge in [0.05, 0.1) is 25.9 Å². The average Bonchev–Trinajstić information content (AvgIpc) is 2.97. The third-order valence-electron chi connectivity index (χ3n) is 3.50. The van der Waals surface area contributed by atoms with Gasteiger partial charge in [0.25, 0.3) is 0 Å². The summed E-state index contributed by atoms with van der Waals surface area (Å²) in [6.45, 7) is 0.366. The zero-order chi connectivity index (χ0) is 17.6. The van der Waals surface area contributed by atoms with Crippen LogP contribution in [0.2, 0.25) is 0 Å². The normalized spacial score (nSPS) is 12.2. The average molecular weight is 344 g/mol. The largest absolute Gasteiger partial charge is 0.437 e. The van der Waals surface area contributed by atoms with Crippen LogP contribution in [0.3, 0.4) is 0 Å². The number of halogens is 1. The minimum Gasteiger partial charge on any atom is -0.389 e. The Balaban J connectivity index is 1.57. The van der Waals surface area contributed by atoms with Gasteiger partial charge in [0.1, 0.15) is 5.82 Å². The maximum Gasteiger partial charge on any atom is 0.437 e. The molecule has 1 heterocycles. The van der Waals surface area contributed by atoms with E-state index < -0.39 is 17.7 Å². The molecule has 0 aliphatic carbocycles. The Labute approximate surface area is 143 Å². The highest BCUT2D eigenvalue weighted by Gasteiger charge is 2.14. The van der Waals surface area contributed by atoms with Crippen LogP contribution in [-0.2, 0) is 17.9 Å². The lowest BCUT2D eigenvalue weighted by Gasteiger charge is -2.10. The highest BCUT2D eigenvalue weighted by atomic mass is 19.1. The van der Waals surface area contributed by atoms with Crippen LogP contribution in [0, 0.1) is 5.82 Å². The fraction of sp³-hybridized carbons (Fsp3) is 0.222. The summed E-state index contributed by atoms with van der Waals surface area (Å²) in [6, 6.07) is 15.0. The van der Waals surface area contributed by atoms with Crippen LogP contribution < -0.4 is 5.76 Å². The van der Waals surface area contributed by atoms with Crippen molar-refractivity contribution in [1.29, 1.82) is 0 Å². The van der Waals surface area contributed by atoms with Crippen molar-refractivity contribution in [2.24, 2.45) is 0 Å². The first kappa shape index (κ1) is 17.1. The minimum atomic E-state index is -0.910. The summed E-state index contributed by atoms with van der Waals surface area (Å²) >= 11 is 0. The fourth-order valence-corrected chi connectivity index (χ4v) is 2.27. The van der Waals surface area contributed by atoms with Gasteiger partial charge in [-0.3, -0.25) is 0 Å². The van der Waals surface area contributed by atoms with E-state index >= 15 is 0 Å². The van der Waals surface area contributed by atoms with E-state index in [0.717, 1.165) is 10.2 Å². The highest BCUT2D eigenvalue weighted by molar-refractivity contribution is 5.51. The van der Waals surface area contributed by atoms with E-state index in [0.29, 0.717) is 12.2 Å². The molecule has 130 valence electrons. The van der Waals surface area contributed by atoms with Crippen molar-refractivity contribution < 1.29 is 18.7 Å². The van der Waals surface area contributed by atoms with Crippen molar-refractivity contribution in [2.45, 2.75) is 19.3 Å². The summed E-state index contributed by atoms with van der Waals surface area (Å²) in [5, 5.41) is 14.0. The monoisotopic (exact) mass is 344 g/mol. The summed E-state index contributed by atoms with van der Waals surface area (Å²) < 4.78 is 24.4. The van der Waals surface area contributed by atoms with Crippen molar-refractivity contribution in [3.8, 4) is 11.5 Å². The third kappa shape index (κ3) is 4.62. The first-order chi connectivity index (χ1) is 12.1. The van der Waals surface area contributed by atoms with Gasteiger partial charge in [-0.1, -0.05) is 30.3 Å². The molecular weight excluding hydrogens is 327 g/mol. The molecule has 1 aromatic heterocycles. The SMILES string of the molecule is O=c1oc(-c2ccc(F)cc2)nn1CC(O)COCc1ccccc1. The number of hydrogen-bond donors (Lipinski definition) is 1. The van der Waals surface area contributed by atoms with Crippen LogP contribution in [0.1, 0.15) is 5.56 Å². The molecule has 3 aromatic rings. The maximum atomic E-state index is 12.9. The fourth-order valence-electron chi connectivity index (χ4n) is 2.27. The van der Waals surface area contributed by atoms with Gasteiger partial charge in [-0.2, -0.15) is 4.68 Å². The van der Waals surface area contributed by atoms with Crippen LogP contribution in [0.5, 0.6) is 0 Å². The Hall–Kier alpha value is -2.77. The van der Waals surface area contributed by atoms with Crippen LogP contribution in [0.4, 0.5) is 4.39 Å². The van der Waals surface area contributed by atoms with Crippen LogP contribution in [0.25, 0.3) is 11.5 Å². The standard InChI is InChI=1S/C18H17FN2O4/c19-15-8-6-14(7-9-15)17-20-21(18(23)25-17)10-16(22)12-24-11-13-4-2-1-3-5-13/h1-9,16,22H,10-12H2. The van der Waals surface area contributed by atoms with Gasteiger partial charge < -0.3 is 14.3 Å². The van der Waals surface area contributed by atoms with E-state index in [4.69, 9.17) is 9.15 Å². The smallest absolute Gasteiger partial charge is 0.389 e. The molecule has 0 radical (unpaired) electrons. The van der Waals surface area contributed by atoms with Crippen molar-refractivity contribution in [3.05, 3.63) is 76.5 Å². The maximum absolute atomic E-state index is 12.9. The Kier molecular flexibility index (Phi) is 5.37. The molecule has 25 heavy (non-hydrogen) atoms. The lowest BCUT2D eigenvalue weighted by atomic mass is 10.2. The summed E-state index contributed by atoms with van der Waals surface area (Å²) in [5.74, 6) is -1.01. The van der Waals surface area contributed by atoms with Crippen LogP contribution >= 0.6 is 0 Å². The molecule has 2 aromatic carbocycles. The lowest BCUT2D eigenvalue weighted by molar-refractivity contribution is 0.0178. The second-order valence-electron chi connectivity index (χ2n) is 5.52. The number of hydrogen-bond acceptors (Lipinski definition) is 5. The quantitative estimate of drug-likeness (QED) is 0.711. The number of aliphatic hydroxyl groups excluding tert-OH is 1. The van der Waals surface area contributed by atoms with Gasteiger partial charge in [-0.25, -0.2) is 9.18 Å². The highest BCUT2D eigenvalue weighted by Crippen LogP contribution is 2.15. The number of nitrogens with zero attached hydrogens (tertiary/aromatic N) is 2. The Morgan fingerprint density at radius 2 is 1.88 bits per heavy atom. The molecule has 0 saturated heterocycles. The second-order valence-corrected chi connectivity index (χ2v) is 5.52. The Morgan fingerprint density at radius 3 is 2.60 bits per heavy atom. The van der Waals surface area contributed by atoms with Crippen molar-refractivity contribution in [3.63, 3.8) is 0 Å². The van der Waals surface area contributed by atoms with Gasteiger partial charge in [-0.05, 0) is 29.8 Å². The summed E-state index contributed by atoms with van der Waals surface area (Å²) in [6.07, 6.45) is -0.910. The molecule has 3 rings (SSSR count). The van der Waals surface area contributed by atoms with Crippen LogP contribution in [0.15, 0.2) is 63.8 Å².